The molecule has 8 nitrogen and oxygen atoms in total. The van der Waals surface area contributed by atoms with E-state index >= 15 is 0 Å². The Bertz CT molecular complexity index is 1090. The van der Waals surface area contributed by atoms with Gasteiger partial charge in [-0.15, -0.1) is 5.10 Å². The van der Waals surface area contributed by atoms with E-state index < -0.39 is 17.5 Å². The second kappa shape index (κ2) is 6.56. The minimum atomic E-state index is -4.54. The smallest absolute Gasteiger partial charge is 0.416 e. The van der Waals surface area contributed by atoms with Gasteiger partial charge in [0.05, 0.1) is 43.4 Å². The molecule has 11 heteroatoms. The molecule has 29 heavy (non-hydrogen) atoms. The van der Waals surface area contributed by atoms with E-state index in [1.54, 1.807) is 4.52 Å². The number of fused-ring (bicyclic) bond motifs is 3. The van der Waals surface area contributed by atoms with Crippen molar-refractivity contribution in [1.29, 1.82) is 0 Å². The Labute approximate surface area is 162 Å². The van der Waals surface area contributed by atoms with Gasteiger partial charge < -0.3 is 19.5 Å². The van der Waals surface area contributed by atoms with E-state index in [-0.39, 0.29) is 18.8 Å². The molecule has 5 rings (SSSR count). The van der Waals surface area contributed by atoms with Crippen LogP contribution in [0.4, 0.5) is 19.1 Å². The molecule has 2 aromatic heterocycles. The van der Waals surface area contributed by atoms with Gasteiger partial charge in [-0.3, -0.25) is 0 Å². The predicted molar refractivity (Wildman–Crippen MR) is 94.4 cm³/mol. The number of rotatable bonds is 2. The summed E-state index contributed by atoms with van der Waals surface area (Å²) >= 11 is 0. The summed E-state index contributed by atoms with van der Waals surface area (Å²) in [7, 11) is 0. The zero-order valence-electron chi connectivity index (χ0n) is 15.1. The van der Waals surface area contributed by atoms with Crippen LogP contribution >= 0.6 is 0 Å². The molecule has 0 bridgehead atoms. The Hall–Kier alpha value is -2.92. The molecule has 0 unspecified atom stereocenters. The van der Waals surface area contributed by atoms with Crippen LogP contribution in [0.25, 0.3) is 17.0 Å². The number of phenols is 1. The third-order valence-corrected chi connectivity index (χ3v) is 5.04. The third-order valence-electron chi connectivity index (χ3n) is 5.04. The average Bonchev–Trinajstić information content (AvgIpc) is 3.34. The van der Waals surface area contributed by atoms with Crippen molar-refractivity contribution in [3.63, 3.8) is 0 Å². The minimum Gasteiger partial charge on any atom is -0.507 e. The molecule has 0 amide bonds. The topological polar surface area (TPSA) is 85.0 Å². The number of benzene rings is 1. The standard InChI is InChI=1S/C18H16F3N5O3/c19-18(20,21)10-1-2-11(14(27)7-10)15-12-8-29-9-13(12)26-16(22-15)23-17(24-26)25-3-5-28-6-4-25/h1-2,7,27H,3-6,8-9H2. The normalized spacial score (nSPS) is 17.1. The highest BCUT2D eigenvalue weighted by atomic mass is 19.4. The van der Waals surface area contributed by atoms with Crippen molar-refractivity contribution in [2.24, 2.45) is 0 Å². The largest absolute Gasteiger partial charge is 0.507 e. The first kappa shape index (κ1) is 18.1. The highest BCUT2D eigenvalue weighted by Crippen LogP contribution is 2.39. The van der Waals surface area contributed by atoms with Crippen LogP contribution in [0.5, 0.6) is 5.75 Å². The number of nitrogens with zero attached hydrogens (tertiary/aromatic N) is 5. The molecular formula is C18H16F3N5O3. The van der Waals surface area contributed by atoms with Crippen LogP contribution in [0.1, 0.15) is 16.8 Å². The Morgan fingerprint density at radius 3 is 2.55 bits per heavy atom. The van der Waals surface area contributed by atoms with Gasteiger partial charge in [-0.05, 0) is 18.2 Å². The Kier molecular flexibility index (Phi) is 4.10. The van der Waals surface area contributed by atoms with E-state index in [1.807, 2.05) is 4.90 Å². The first-order valence-corrected chi connectivity index (χ1v) is 9.01. The maximum atomic E-state index is 12.9. The SMILES string of the molecule is Oc1cc(C(F)(F)F)ccc1-c1nc2nc(N3CCOCC3)nn2c2c1COC2. The summed E-state index contributed by atoms with van der Waals surface area (Å²) in [6.07, 6.45) is -4.54. The summed E-state index contributed by atoms with van der Waals surface area (Å²) in [5.41, 5.74) is 1.00. The highest BCUT2D eigenvalue weighted by molar-refractivity contribution is 5.72. The Morgan fingerprint density at radius 1 is 1.03 bits per heavy atom. The molecule has 1 fully saturated rings. The van der Waals surface area contributed by atoms with E-state index in [0.717, 1.165) is 11.8 Å². The maximum Gasteiger partial charge on any atom is 0.416 e. The summed E-state index contributed by atoms with van der Waals surface area (Å²) in [6, 6.07) is 2.84. The van der Waals surface area contributed by atoms with Gasteiger partial charge in [-0.25, -0.2) is 4.98 Å². The van der Waals surface area contributed by atoms with Crippen LogP contribution in [0, 0.1) is 0 Å². The number of phenolic OH excluding ortho intramolecular Hbond substituents is 1. The first-order chi connectivity index (χ1) is 13.9. The van der Waals surface area contributed by atoms with Crippen LogP contribution in [0.2, 0.25) is 0 Å². The van der Waals surface area contributed by atoms with E-state index in [1.165, 1.54) is 6.07 Å². The van der Waals surface area contributed by atoms with E-state index in [2.05, 4.69) is 15.1 Å². The molecule has 0 spiro atoms. The predicted octanol–water partition coefficient (Wildman–Crippen LogP) is 2.38. The van der Waals surface area contributed by atoms with Crippen molar-refractivity contribution in [3.05, 3.63) is 35.0 Å². The van der Waals surface area contributed by atoms with Crippen molar-refractivity contribution >= 4 is 11.7 Å². The van der Waals surface area contributed by atoms with Gasteiger partial charge in [0.1, 0.15) is 5.75 Å². The molecule has 152 valence electrons. The Balaban J connectivity index is 1.63. The number of hydrogen-bond donors (Lipinski definition) is 1. The monoisotopic (exact) mass is 407 g/mol. The van der Waals surface area contributed by atoms with Gasteiger partial charge in [0.2, 0.25) is 5.95 Å². The molecule has 2 aliphatic heterocycles. The quantitative estimate of drug-likeness (QED) is 0.698. The number of anilines is 1. The fourth-order valence-corrected chi connectivity index (χ4v) is 3.56. The molecule has 3 aromatic rings. The van der Waals surface area contributed by atoms with Crippen molar-refractivity contribution < 1.29 is 27.8 Å². The summed E-state index contributed by atoms with van der Waals surface area (Å²) < 4.78 is 51.3. The average molecular weight is 407 g/mol. The molecular weight excluding hydrogens is 391 g/mol. The summed E-state index contributed by atoms with van der Waals surface area (Å²) in [6.45, 7) is 2.96. The van der Waals surface area contributed by atoms with Gasteiger partial charge in [-0.2, -0.15) is 22.7 Å². The lowest BCUT2D eigenvalue weighted by molar-refractivity contribution is -0.137. The molecule has 1 saturated heterocycles. The highest BCUT2D eigenvalue weighted by Gasteiger charge is 2.32. The fraction of sp³-hybridized carbons (Fsp3) is 0.389. The molecule has 0 saturated carbocycles. The maximum absolute atomic E-state index is 12.9. The van der Waals surface area contributed by atoms with Crippen LogP contribution in [-0.4, -0.2) is 51.0 Å². The number of alkyl halides is 3. The molecule has 2 aliphatic rings. The van der Waals surface area contributed by atoms with Gasteiger partial charge in [0.25, 0.3) is 5.78 Å². The molecule has 0 atom stereocenters. The van der Waals surface area contributed by atoms with Crippen molar-refractivity contribution in [1.82, 2.24) is 19.6 Å². The molecule has 0 radical (unpaired) electrons. The van der Waals surface area contributed by atoms with Crippen LogP contribution < -0.4 is 4.90 Å². The van der Waals surface area contributed by atoms with Crippen LogP contribution in [-0.2, 0) is 28.9 Å². The number of aromatic nitrogens is 4. The third kappa shape index (κ3) is 3.06. The fourth-order valence-electron chi connectivity index (χ4n) is 3.56. The second-order valence-electron chi connectivity index (χ2n) is 6.83. The van der Waals surface area contributed by atoms with Gasteiger partial charge >= 0.3 is 6.18 Å². The van der Waals surface area contributed by atoms with E-state index in [4.69, 9.17) is 9.47 Å². The molecule has 1 N–H and O–H groups in total. The molecule has 4 heterocycles. The number of hydrogen-bond acceptors (Lipinski definition) is 7. The van der Waals surface area contributed by atoms with E-state index in [0.29, 0.717) is 55.4 Å². The van der Waals surface area contributed by atoms with Gasteiger partial charge in [-0.1, -0.05) is 0 Å². The number of aromatic hydroxyl groups is 1. The summed E-state index contributed by atoms with van der Waals surface area (Å²) in [5, 5.41) is 14.8. The molecule has 1 aromatic carbocycles. The zero-order chi connectivity index (χ0) is 20.2. The second-order valence-corrected chi connectivity index (χ2v) is 6.83. The molecule has 0 aliphatic carbocycles. The van der Waals surface area contributed by atoms with Crippen molar-refractivity contribution in [3.8, 4) is 17.0 Å². The van der Waals surface area contributed by atoms with Gasteiger partial charge in [0, 0.05) is 24.2 Å². The number of ether oxygens (including phenoxy) is 2. The summed E-state index contributed by atoms with van der Waals surface area (Å²) in [4.78, 5) is 11.0. The summed E-state index contributed by atoms with van der Waals surface area (Å²) in [5.74, 6) is 0.299. The van der Waals surface area contributed by atoms with Gasteiger partial charge in [0.15, 0.2) is 0 Å². The van der Waals surface area contributed by atoms with Crippen LogP contribution in [0.15, 0.2) is 18.2 Å². The first-order valence-electron chi connectivity index (χ1n) is 9.01. The number of halogens is 3. The lowest BCUT2D eigenvalue weighted by Gasteiger charge is -2.25. The number of morpholine rings is 1. The lowest BCUT2D eigenvalue weighted by Crippen LogP contribution is -2.36. The Morgan fingerprint density at radius 2 is 1.83 bits per heavy atom. The van der Waals surface area contributed by atoms with Crippen LogP contribution in [0.3, 0.4) is 0 Å². The minimum absolute atomic E-state index is 0.193. The lowest BCUT2D eigenvalue weighted by atomic mass is 10.0. The van der Waals surface area contributed by atoms with Crippen molar-refractivity contribution in [2.75, 3.05) is 31.2 Å². The van der Waals surface area contributed by atoms with Crippen molar-refractivity contribution in [2.45, 2.75) is 19.4 Å². The van der Waals surface area contributed by atoms with E-state index in [9.17, 15) is 18.3 Å². The zero-order valence-corrected chi connectivity index (χ0v) is 15.1.